The van der Waals surface area contributed by atoms with E-state index in [-0.39, 0.29) is 0 Å². The van der Waals surface area contributed by atoms with E-state index in [0.717, 1.165) is 12.1 Å². The van der Waals surface area contributed by atoms with Gasteiger partial charge in [0.05, 0.1) is 23.0 Å². The topological polar surface area (TPSA) is 34.9 Å². The molecule has 6 heteroatoms. The normalized spacial score (nSPS) is 11.6. The Labute approximate surface area is 101 Å². The van der Waals surface area contributed by atoms with Gasteiger partial charge in [-0.1, -0.05) is 12.1 Å². The fourth-order valence-corrected chi connectivity index (χ4v) is 1.71. The molecule has 0 spiro atoms. The Morgan fingerprint density at radius 3 is 2.33 bits per heavy atom. The highest BCUT2D eigenvalue weighted by Crippen LogP contribution is 2.31. The molecule has 1 aromatic heterocycles. The van der Waals surface area contributed by atoms with Gasteiger partial charge >= 0.3 is 6.18 Å². The van der Waals surface area contributed by atoms with Crippen LogP contribution in [-0.4, -0.2) is 16.1 Å². The first kappa shape index (κ1) is 12.3. The number of hydrogen-bond acceptors (Lipinski definition) is 2. The van der Waals surface area contributed by atoms with Crippen molar-refractivity contribution in [1.29, 1.82) is 0 Å². The van der Waals surface area contributed by atoms with Crippen LogP contribution >= 0.6 is 0 Å². The number of alkyl halides is 3. The number of carbonyl (C=O) groups excluding carboxylic acids is 1. The third kappa shape index (κ3) is 2.13. The van der Waals surface area contributed by atoms with Crippen molar-refractivity contribution in [2.75, 3.05) is 0 Å². The molecule has 0 atom stereocenters. The summed E-state index contributed by atoms with van der Waals surface area (Å²) >= 11 is 0. The molecule has 0 aliphatic carbocycles. The van der Waals surface area contributed by atoms with Crippen molar-refractivity contribution >= 4 is 6.29 Å². The largest absolute Gasteiger partial charge is 0.416 e. The Kier molecular flexibility index (Phi) is 2.94. The predicted octanol–water partition coefficient (Wildman–Crippen LogP) is 2.92. The van der Waals surface area contributed by atoms with Crippen molar-refractivity contribution in [3.05, 3.63) is 41.6 Å². The molecule has 94 valence electrons. The molecule has 0 aliphatic rings. The first-order valence-electron chi connectivity index (χ1n) is 5.08. The van der Waals surface area contributed by atoms with Crippen molar-refractivity contribution in [1.82, 2.24) is 9.78 Å². The van der Waals surface area contributed by atoms with Crippen molar-refractivity contribution in [3.8, 4) is 11.3 Å². The molecule has 0 radical (unpaired) electrons. The molecule has 0 amide bonds. The highest BCUT2D eigenvalue weighted by atomic mass is 19.4. The van der Waals surface area contributed by atoms with Crippen LogP contribution in [0.15, 0.2) is 30.5 Å². The summed E-state index contributed by atoms with van der Waals surface area (Å²) < 4.78 is 38.7. The smallest absolute Gasteiger partial charge is 0.298 e. The summed E-state index contributed by atoms with van der Waals surface area (Å²) in [6, 6.07) is 4.62. The lowest BCUT2D eigenvalue weighted by Gasteiger charge is -2.08. The Morgan fingerprint density at radius 1 is 1.22 bits per heavy atom. The number of halogens is 3. The molecule has 1 heterocycles. The Bertz CT molecular complexity index is 570. The molecule has 0 N–H and O–H groups in total. The van der Waals surface area contributed by atoms with E-state index in [9.17, 15) is 18.0 Å². The summed E-state index contributed by atoms with van der Waals surface area (Å²) in [7, 11) is 1.63. The number of rotatable bonds is 2. The number of carbonyl (C=O) groups is 1. The van der Waals surface area contributed by atoms with E-state index in [4.69, 9.17) is 0 Å². The molecule has 0 aliphatic heterocycles. The predicted molar refractivity (Wildman–Crippen MR) is 59.0 cm³/mol. The van der Waals surface area contributed by atoms with Crippen LogP contribution in [0.5, 0.6) is 0 Å². The van der Waals surface area contributed by atoms with Crippen LogP contribution in [0.3, 0.4) is 0 Å². The third-order valence-electron chi connectivity index (χ3n) is 2.58. The number of benzene rings is 1. The second-order valence-corrected chi connectivity index (χ2v) is 3.77. The van der Waals surface area contributed by atoms with E-state index in [0.29, 0.717) is 23.1 Å². The maximum absolute atomic E-state index is 12.4. The van der Waals surface area contributed by atoms with Gasteiger partial charge in [0.2, 0.25) is 0 Å². The van der Waals surface area contributed by atoms with Gasteiger partial charge in [-0.3, -0.25) is 9.48 Å². The average molecular weight is 254 g/mol. The van der Waals surface area contributed by atoms with Crippen molar-refractivity contribution in [2.45, 2.75) is 6.18 Å². The molecule has 1 aromatic carbocycles. The van der Waals surface area contributed by atoms with Gasteiger partial charge in [-0.05, 0) is 12.1 Å². The summed E-state index contributed by atoms with van der Waals surface area (Å²) in [5.74, 6) is 0. The van der Waals surface area contributed by atoms with E-state index >= 15 is 0 Å². The lowest BCUT2D eigenvalue weighted by atomic mass is 10.1. The molecule has 0 saturated carbocycles. The third-order valence-corrected chi connectivity index (χ3v) is 2.58. The fourth-order valence-electron chi connectivity index (χ4n) is 1.71. The summed E-state index contributed by atoms with van der Waals surface area (Å²) in [5, 5.41) is 3.90. The number of aryl methyl sites for hydroxylation is 1. The maximum Gasteiger partial charge on any atom is 0.416 e. The highest BCUT2D eigenvalue weighted by Gasteiger charge is 2.30. The quantitative estimate of drug-likeness (QED) is 0.772. The zero-order valence-electron chi connectivity index (χ0n) is 9.40. The second-order valence-electron chi connectivity index (χ2n) is 3.77. The number of aromatic nitrogens is 2. The Hall–Kier alpha value is -2.11. The molecule has 0 saturated heterocycles. The summed E-state index contributed by atoms with van der Waals surface area (Å²) in [6.07, 6.45) is -2.36. The van der Waals surface area contributed by atoms with Crippen molar-refractivity contribution in [2.24, 2.45) is 7.05 Å². The molecular formula is C12H9F3N2O. The molecule has 18 heavy (non-hydrogen) atoms. The molecule has 3 nitrogen and oxygen atoms in total. The first-order chi connectivity index (χ1) is 8.43. The first-order valence-corrected chi connectivity index (χ1v) is 5.08. The van der Waals surface area contributed by atoms with Gasteiger partial charge in [0.15, 0.2) is 6.29 Å². The molecule has 0 fully saturated rings. The number of aldehydes is 1. The zero-order valence-corrected chi connectivity index (χ0v) is 9.40. The van der Waals surface area contributed by atoms with Crippen molar-refractivity contribution in [3.63, 3.8) is 0 Å². The SMILES string of the molecule is Cn1ncc(C=O)c1-c1ccc(C(F)(F)F)cc1. The summed E-state index contributed by atoms with van der Waals surface area (Å²) in [4.78, 5) is 10.8. The van der Waals surface area contributed by atoms with E-state index in [2.05, 4.69) is 5.10 Å². The lowest BCUT2D eigenvalue weighted by Crippen LogP contribution is -2.04. The van der Waals surface area contributed by atoms with Gasteiger partial charge in [0.25, 0.3) is 0 Å². The van der Waals surface area contributed by atoms with Crippen LogP contribution in [0.1, 0.15) is 15.9 Å². The second kappa shape index (κ2) is 4.29. The average Bonchev–Trinajstić information content (AvgIpc) is 2.69. The minimum atomic E-state index is -4.36. The van der Waals surface area contributed by atoms with Gasteiger partial charge in [-0.25, -0.2) is 0 Å². The van der Waals surface area contributed by atoms with Gasteiger partial charge in [-0.2, -0.15) is 18.3 Å². The molecule has 0 unspecified atom stereocenters. The van der Waals surface area contributed by atoms with Gasteiger partial charge in [0, 0.05) is 12.6 Å². The minimum Gasteiger partial charge on any atom is -0.298 e. The Balaban J connectivity index is 2.46. The Morgan fingerprint density at radius 2 is 1.83 bits per heavy atom. The molecular weight excluding hydrogens is 245 g/mol. The summed E-state index contributed by atoms with van der Waals surface area (Å²) in [6.45, 7) is 0. The lowest BCUT2D eigenvalue weighted by molar-refractivity contribution is -0.137. The number of nitrogens with zero attached hydrogens (tertiary/aromatic N) is 2. The molecule has 2 rings (SSSR count). The van der Waals surface area contributed by atoms with Gasteiger partial charge in [0.1, 0.15) is 0 Å². The summed E-state index contributed by atoms with van der Waals surface area (Å²) in [5.41, 5.74) is 0.641. The van der Waals surface area contributed by atoms with Crippen molar-refractivity contribution < 1.29 is 18.0 Å². The van der Waals surface area contributed by atoms with Gasteiger partial charge < -0.3 is 0 Å². The monoisotopic (exact) mass is 254 g/mol. The van der Waals surface area contributed by atoms with Gasteiger partial charge in [-0.15, -0.1) is 0 Å². The van der Waals surface area contributed by atoms with Crippen LogP contribution in [0.4, 0.5) is 13.2 Å². The van der Waals surface area contributed by atoms with Crippen LogP contribution in [0.25, 0.3) is 11.3 Å². The van der Waals surface area contributed by atoms with Crippen LogP contribution in [0, 0.1) is 0 Å². The molecule has 0 bridgehead atoms. The van der Waals surface area contributed by atoms with E-state index < -0.39 is 11.7 Å². The van der Waals surface area contributed by atoms with Crippen LogP contribution < -0.4 is 0 Å². The minimum absolute atomic E-state index is 0.345. The van der Waals surface area contributed by atoms with Crippen LogP contribution in [0.2, 0.25) is 0 Å². The fraction of sp³-hybridized carbons (Fsp3) is 0.167. The number of hydrogen-bond donors (Lipinski definition) is 0. The maximum atomic E-state index is 12.4. The molecule has 2 aromatic rings. The standard InChI is InChI=1S/C12H9F3N2O/c1-17-11(9(7-18)6-16-17)8-2-4-10(5-3-8)12(13,14)15/h2-7H,1H3. The highest BCUT2D eigenvalue weighted by molar-refractivity contribution is 5.85. The van der Waals surface area contributed by atoms with E-state index in [1.54, 1.807) is 7.05 Å². The van der Waals surface area contributed by atoms with E-state index in [1.165, 1.54) is 23.0 Å². The van der Waals surface area contributed by atoms with Crippen LogP contribution in [-0.2, 0) is 13.2 Å². The zero-order chi connectivity index (χ0) is 13.3. The van der Waals surface area contributed by atoms with E-state index in [1.807, 2.05) is 0 Å².